The molecule has 0 heterocycles. The van der Waals surface area contributed by atoms with Gasteiger partial charge in [0.05, 0.1) is 0 Å². The molecule has 0 aliphatic rings. The molecule has 0 N–H and O–H groups in total. The van der Waals surface area contributed by atoms with Crippen LogP contribution in [0, 0.1) is 11.8 Å². The number of hydrogen-bond acceptors (Lipinski definition) is 3. The normalized spacial score (nSPS) is 11.6. The fourth-order valence-electron chi connectivity index (χ4n) is 0.556. The molecule has 0 atom stereocenters. The van der Waals surface area contributed by atoms with Crippen LogP contribution in [0.15, 0.2) is 0 Å². The lowest BCUT2D eigenvalue weighted by Gasteiger charge is -2.18. The van der Waals surface area contributed by atoms with E-state index in [2.05, 4.69) is 11.8 Å². The number of hydrogen-bond donors (Lipinski definition) is 0. The van der Waals surface area contributed by atoms with Gasteiger partial charge >= 0.3 is 5.97 Å². The van der Waals surface area contributed by atoms with Gasteiger partial charge in [-0.15, -0.1) is 0 Å². The second-order valence-corrected chi connectivity index (χ2v) is 4.47. The van der Waals surface area contributed by atoms with Crippen molar-refractivity contribution < 1.29 is 14.3 Å². The first-order valence-corrected chi connectivity index (χ1v) is 4.47. The quantitative estimate of drug-likeness (QED) is 0.366. The van der Waals surface area contributed by atoms with Crippen molar-refractivity contribution in [3.05, 3.63) is 0 Å². The van der Waals surface area contributed by atoms with Gasteiger partial charge < -0.3 is 9.47 Å². The molecule has 0 rings (SSSR count). The molecule has 0 saturated heterocycles. The molecule has 0 aromatic heterocycles. The first-order valence-electron chi connectivity index (χ1n) is 4.47. The Bertz CT molecular complexity index is 260. The largest absolute Gasteiger partial charge is 0.450 e. The molecular weight excluding hydrogens is 180 g/mol. The number of methoxy groups -OCH3 is 1. The van der Waals surface area contributed by atoms with Gasteiger partial charge in [0.25, 0.3) is 0 Å². The number of carbonyl (C=O) groups is 1. The van der Waals surface area contributed by atoms with Gasteiger partial charge in [-0.2, -0.15) is 0 Å². The monoisotopic (exact) mass is 198 g/mol. The third-order valence-corrected chi connectivity index (χ3v) is 1.37. The summed E-state index contributed by atoms with van der Waals surface area (Å²) in [4.78, 5) is 11.2. The minimum absolute atomic E-state index is 0.497. The molecular formula is C11H18O3. The second kappa shape index (κ2) is 4.47. The zero-order valence-corrected chi connectivity index (χ0v) is 9.72. The van der Waals surface area contributed by atoms with Gasteiger partial charge in [-0.05, 0) is 34.6 Å². The van der Waals surface area contributed by atoms with Gasteiger partial charge in [0.15, 0.2) is 0 Å². The van der Waals surface area contributed by atoms with Crippen LogP contribution in [0.2, 0.25) is 0 Å². The first-order chi connectivity index (χ1) is 6.16. The number of rotatable bonds is 1. The third kappa shape index (κ3) is 6.50. The number of ether oxygens (including phenoxy) is 2. The highest BCUT2D eigenvalue weighted by Gasteiger charge is 2.16. The summed E-state index contributed by atoms with van der Waals surface area (Å²) in [6.45, 7) is 8.96. The van der Waals surface area contributed by atoms with Crippen LogP contribution >= 0.6 is 0 Å². The molecule has 0 aromatic carbocycles. The highest BCUT2D eigenvalue weighted by molar-refractivity contribution is 5.88. The summed E-state index contributed by atoms with van der Waals surface area (Å²) >= 11 is 0. The highest BCUT2D eigenvalue weighted by atomic mass is 16.6. The smallest absolute Gasteiger partial charge is 0.384 e. The van der Waals surface area contributed by atoms with Gasteiger partial charge in [0.2, 0.25) is 0 Å². The van der Waals surface area contributed by atoms with Crippen LogP contribution in [-0.4, -0.2) is 24.3 Å². The summed E-state index contributed by atoms with van der Waals surface area (Å²) in [6, 6.07) is 0. The molecule has 3 heteroatoms. The van der Waals surface area contributed by atoms with Crippen LogP contribution in [0.5, 0.6) is 0 Å². The van der Waals surface area contributed by atoms with Crippen molar-refractivity contribution in [2.45, 2.75) is 45.8 Å². The van der Waals surface area contributed by atoms with E-state index >= 15 is 0 Å². The summed E-state index contributed by atoms with van der Waals surface area (Å²) in [7, 11) is 1.55. The minimum Gasteiger partial charge on any atom is -0.450 e. The van der Waals surface area contributed by atoms with Crippen molar-refractivity contribution in [3.63, 3.8) is 0 Å². The first kappa shape index (κ1) is 13.0. The predicted octanol–water partition coefficient (Wildman–Crippen LogP) is 1.76. The van der Waals surface area contributed by atoms with Crippen molar-refractivity contribution in [3.8, 4) is 11.8 Å². The molecule has 0 unspecified atom stereocenters. The maximum atomic E-state index is 11.2. The summed E-state index contributed by atoms with van der Waals surface area (Å²) < 4.78 is 10.0. The zero-order chi connectivity index (χ0) is 11.4. The van der Waals surface area contributed by atoms with Crippen molar-refractivity contribution in [1.82, 2.24) is 0 Å². The average Bonchev–Trinajstić information content (AvgIpc) is 1.98. The SMILES string of the molecule is COC(C)(C)C#CC(=O)OC(C)(C)C. The molecule has 0 amide bonds. The van der Waals surface area contributed by atoms with Crippen LogP contribution in [-0.2, 0) is 14.3 Å². The topological polar surface area (TPSA) is 35.5 Å². The van der Waals surface area contributed by atoms with Crippen LogP contribution in [0.25, 0.3) is 0 Å². The second-order valence-electron chi connectivity index (χ2n) is 4.47. The molecule has 14 heavy (non-hydrogen) atoms. The minimum atomic E-state index is -0.614. The van der Waals surface area contributed by atoms with E-state index < -0.39 is 17.2 Å². The van der Waals surface area contributed by atoms with Gasteiger partial charge in [0, 0.05) is 13.0 Å². The lowest BCUT2D eigenvalue weighted by Crippen LogP contribution is -2.24. The Balaban J connectivity index is 4.33. The van der Waals surface area contributed by atoms with Crippen LogP contribution in [0.1, 0.15) is 34.6 Å². The van der Waals surface area contributed by atoms with E-state index in [1.807, 2.05) is 0 Å². The van der Waals surface area contributed by atoms with Gasteiger partial charge in [0.1, 0.15) is 11.2 Å². The van der Waals surface area contributed by atoms with E-state index in [0.717, 1.165) is 0 Å². The maximum Gasteiger partial charge on any atom is 0.384 e. The Morgan fingerprint density at radius 1 is 1.14 bits per heavy atom. The maximum absolute atomic E-state index is 11.2. The van der Waals surface area contributed by atoms with Crippen LogP contribution in [0.3, 0.4) is 0 Å². The number of esters is 1. The van der Waals surface area contributed by atoms with E-state index in [9.17, 15) is 4.79 Å². The Morgan fingerprint density at radius 3 is 2.00 bits per heavy atom. The fourth-order valence-corrected chi connectivity index (χ4v) is 0.556. The molecule has 80 valence electrons. The van der Waals surface area contributed by atoms with E-state index in [1.165, 1.54) is 0 Å². The summed E-state index contributed by atoms with van der Waals surface area (Å²) in [6.07, 6.45) is 0. The Labute approximate surface area is 85.8 Å². The van der Waals surface area contributed by atoms with Gasteiger partial charge in [-0.3, -0.25) is 0 Å². The summed E-state index contributed by atoms with van der Waals surface area (Å²) in [5.41, 5.74) is -1.11. The molecule has 0 radical (unpaired) electrons. The third-order valence-electron chi connectivity index (χ3n) is 1.37. The predicted molar refractivity (Wildman–Crippen MR) is 54.7 cm³/mol. The molecule has 0 aliphatic carbocycles. The lowest BCUT2D eigenvalue weighted by atomic mass is 10.1. The average molecular weight is 198 g/mol. The Hall–Kier alpha value is -1.01. The molecule has 0 spiro atoms. The molecule has 0 aliphatic heterocycles. The molecule has 0 bridgehead atoms. The van der Waals surface area contributed by atoms with Crippen molar-refractivity contribution in [2.24, 2.45) is 0 Å². The van der Waals surface area contributed by atoms with Crippen LogP contribution in [0.4, 0.5) is 0 Å². The Morgan fingerprint density at radius 2 is 1.64 bits per heavy atom. The molecule has 0 aromatic rings. The van der Waals surface area contributed by atoms with E-state index in [0.29, 0.717) is 0 Å². The van der Waals surface area contributed by atoms with Gasteiger partial charge in [-0.1, -0.05) is 5.92 Å². The van der Waals surface area contributed by atoms with E-state index in [4.69, 9.17) is 9.47 Å². The highest BCUT2D eigenvalue weighted by Crippen LogP contribution is 2.07. The van der Waals surface area contributed by atoms with Crippen LogP contribution < -0.4 is 0 Å². The summed E-state index contributed by atoms with van der Waals surface area (Å²) in [5.74, 6) is 4.55. The van der Waals surface area contributed by atoms with Crippen molar-refractivity contribution in [2.75, 3.05) is 7.11 Å². The van der Waals surface area contributed by atoms with Crippen molar-refractivity contribution >= 4 is 5.97 Å². The van der Waals surface area contributed by atoms with Gasteiger partial charge in [-0.25, -0.2) is 4.79 Å². The summed E-state index contributed by atoms with van der Waals surface area (Å²) in [5, 5.41) is 0. The zero-order valence-electron chi connectivity index (χ0n) is 9.72. The fraction of sp³-hybridized carbons (Fsp3) is 0.727. The molecule has 0 fully saturated rings. The molecule has 3 nitrogen and oxygen atoms in total. The lowest BCUT2D eigenvalue weighted by molar-refractivity contribution is -0.147. The molecule has 0 saturated carbocycles. The van der Waals surface area contributed by atoms with E-state index in [-0.39, 0.29) is 0 Å². The van der Waals surface area contributed by atoms with Crippen molar-refractivity contribution in [1.29, 1.82) is 0 Å². The standard InChI is InChI=1S/C11H18O3/c1-10(2,3)14-9(12)7-8-11(4,5)13-6/h1-6H3. The Kier molecular flexibility index (Phi) is 4.15. The number of carbonyl (C=O) groups excluding carboxylic acids is 1. The van der Waals surface area contributed by atoms with E-state index in [1.54, 1.807) is 41.7 Å².